The molecule has 0 aliphatic rings. The first kappa shape index (κ1) is 9.25. The summed E-state index contributed by atoms with van der Waals surface area (Å²) in [5.74, 6) is -0.738. The molecule has 1 rings (SSSR count). The molecular weight excluding hydrogens is 168 g/mol. The zero-order valence-corrected chi connectivity index (χ0v) is 6.97. The van der Waals surface area contributed by atoms with Crippen molar-refractivity contribution < 1.29 is 10.0 Å². The number of nitrogens with two attached hydrogens (primary N) is 1. The smallest absolute Gasteiger partial charge is 0.206 e. The molecule has 0 heterocycles. The van der Waals surface area contributed by atoms with Crippen LogP contribution in [-0.2, 0) is 11.2 Å². The highest BCUT2D eigenvalue weighted by Crippen LogP contribution is 1.99. The van der Waals surface area contributed by atoms with Crippen molar-refractivity contribution in [3.05, 3.63) is 35.9 Å². The summed E-state index contributed by atoms with van der Waals surface area (Å²) < 4.78 is 0. The average Bonchev–Trinajstić information content (AvgIpc) is 2.18. The van der Waals surface area contributed by atoms with Gasteiger partial charge in [0.2, 0.25) is 11.6 Å². The minimum absolute atomic E-state index is 0.163. The van der Waals surface area contributed by atoms with Crippen molar-refractivity contribution in [2.45, 2.75) is 6.42 Å². The normalized spacial score (nSPS) is 11.2. The molecule has 0 fully saturated rings. The van der Waals surface area contributed by atoms with Crippen LogP contribution in [0.4, 0.5) is 0 Å². The molecule has 0 aliphatic carbocycles. The summed E-state index contributed by atoms with van der Waals surface area (Å²) in [6.07, 6.45) is 0.163. The van der Waals surface area contributed by atoms with E-state index in [0.717, 1.165) is 5.56 Å². The Balaban J connectivity index is 2.66. The fraction of sp³-hybridized carbons (Fsp3) is 0.111. The lowest BCUT2D eigenvalue weighted by atomic mass is 10.1. The lowest BCUT2D eigenvalue weighted by Crippen LogP contribution is -2.25. The number of hydrogen-bond acceptors (Lipinski definition) is 3. The molecule has 0 spiro atoms. The molecule has 4 heteroatoms. The lowest BCUT2D eigenvalue weighted by Gasteiger charge is -1.97. The highest BCUT2D eigenvalue weighted by Gasteiger charge is 2.07. The van der Waals surface area contributed by atoms with Crippen LogP contribution in [0.3, 0.4) is 0 Å². The van der Waals surface area contributed by atoms with Gasteiger partial charge in [0.1, 0.15) is 0 Å². The van der Waals surface area contributed by atoms with Gasteiger partial charge < -0.3 is 10.9 Å². The third-order valence-corrected chi connectivity index (χ3v) is 1.60. The molecule has 0 bridgehead atoms. The summed E-state index contributed by atoms with van der Waals surface area (Å²) >= 11 is 0. The molecule has 0 amide bonds. The van der Waals surface area contributed by atoms with Crippen LogP contribution < -0.4 is 5.73 Å². The van der Waals surface area contributed by atoms with Crippen LogP contribution in [-0.4, -0.2) is 16.8 Å². The van der Waals surface area contributed by atoms with Gasteiger partial charge in [0.05, 0.1) is 0 Å². The van der Waals surface area contributed by atoms with E-state index < -0.39 is 0 Å². The molecule has 13 heavy (non-hydrogen) atoms. The Hall–Kier alpha value is -1.84. The summed E-state index contributed by atoms with van der Waals surface area (Å²) in [4.78, 5) is 11.1. The van der Waals surface area contributed by atoms with Gasteiger partial charge in [0.25, 0.3) is 0 Å². The molecule has 0 atom stereocenters. The fourth-order valence-corrected chi connectivity index (χ4v) is 0.928. The number of carbonyl (C=O) groups excluding carboxylic acids is 1. The summed E-state index contributed by atoms with van der Waals surface area (Å²) in [6.45, 7) is 0. The summed E-state index contributed by atoms with van der Waals surface area (Å²) in [5.41, 5.74) is 5.96. The number of carbonyl (C=O) groups is 1. The van der Waals surface area contributed by atoms with Crippen LogP contribution in [0.1, 0.15) is 5.56 Å². The Kier molecular flexibility index (Phi) is 3.03. The maximum Gasteiger partial charge on any atom is 0.206 e. The van der Waals surface area contributed by atoms with Crippen molar-refractivity contribution in [1.82, 2.24) is 0 Å². The van der Waals surface area contributed by atoms with Gasteiger partial charge in [-0.2, -0.15) is 0 Å². The van der Waals surface area contributed by atoms with E-state index in [9.17, 15) is 4.79 Å². The van der Waals surface area contributed by atoms with Gasteiger partial charge in [-0.05, 0) is 5.56 Å². The number of oxime groups is 1. The molecule has 0 saturated heterocycles. The summed E-state index contributed by atoms with van der Waals surface area (Å²) in [7, 11) is 0. The first-order chi connectivity index (χ1) is 6.24. The van der Waals surface area contributed by atoms with Gasteiger partial charge in [0.15, 0.2) is 0 Å². The van der Waals surface area contributed by atoms with Gasteiger partial charge in [-0.1, -0.05) is 35.5 Å². The van der Waals surface area contributed by atoms with Crippen molar-refractivity contribution in [3.63, 3.8) is 0 Å². The summed E-state index contributed by atoms with van der Waals surface area (Å²) in [6, 6.07) is 9.13. The Labute approximate surface area is 75.7 Å². The standard InChI is InChI=1S/C9H10N2O2/c10-9(11-13)8(12)6-7-4-2-1-3-5-7/h1-5,13H,6H2,(H2,10,11). The maximum absolute atomic E-state index is 11.1. The van der Waals surface area contributed by atoms with Crippen molar-refractivity contribution >= 4 is 11.6 Å². The highest BCUT2D eigenvalue weighted by atomic mass is 16.4. The Bertz CT molecular complexity index is 320. The van der Waals surface area contributed by atoms with E-state index in [-0.39, 0.29) is 18.0 Å². The van der Waals surface area contributed by atoms with E-state index in [1.807, 2.05) is 30.3 Å². The molecule has 0 aliphatic heterocycles. The van der Waals surface area contributed by atoms with E-state index in [1.54, 1.807) is 0 Å². The third-order valence-electron chi connectivity index (χ3n) is 1.60. The summed E-state index contributed by atoms with van der Waals surface area (Å²) in [5, 5.41) is 10.9. The topological polar surface area (TPSA) is 75.7 Å². The molecule has 3 N–H and O–H groups in total. The highest BCUT2D eigenvalue weighted by molar-refractivity contribution is 6.38. The molecule has 1 aromatic rings. The number of nitrogens with zero attached hydrogens (tertiary/aromatic N) is 1. The molecule has 0 unspecified atom stereocenters. The number of Topliss-reactive ketones (excluding diaryl/α,β-unsaturated/α-hetero) is 1. The van der Waals surface area contributed by atoms with Gasteiger partial charge >= 0.3 is 0 Å². The second-order valence-electron chi connectivity index (χ2n) is 2.57. The van der Waals surface area contributed by atoms with Crippen LogP contribution in [0.25, 0.3) is 0 Å². The van der Waals surface area contributed by atoms with Crippen molar-refractivity contribution in [2.75, 3.05) is 0 Å². The molecule has 4 nitrogen and oxygen atoms in total. The number of rotatable bonds is 3. The Morgan fingerprint density at radius 1 is 1.38 bits per heavy atom. The number of ketones is 1. The second kappa shape index (κ2) is 4.25. The van der Waals surface area contributed by atoms with Crippen LogP contribution in [0.5, 0.6) is 0 Å². The first-order valence-corrected chi connectivity index (χ1v) is 3.78. The zero-order valence-electron chi connectivity index (χ0n) is 6.97. The van der Waals surface area contributed by atoms with Gasteiger partial charge in [-0.25, -0.2) is 0 Å². The van der Waals surface area contributed by atoms with Crippen LogP contribution in [0.2, 0.25) is 0 Å². The fourth-order valence-electron chi connectivity index (χ4n) is 0.928. The zero-order chi connectivity index (χ0) is 9.68. The Morgan fingerprint density at radius 3 is 2.54 bits per heavy atom. The quantitative estimate of drug-likeness (QED) is 0.307. The van der Waals surface area contributed by atoms with Crippen molar-refractivity contribution in [3.8, 4) is 0 Å². The van der Waals surface area contributed by atoms with Gasteiger partial charge in [-0.15, -0.1) is 0 Å². The van der Waals surface area contributed by atoms with E-state index in [2.05, 4.69) is 5.16 Å². The van der Waals surface area contributed by atoms with Gasteiger partial charge in [0, 0.05) is 6.42 Å². The predicted octanol–water partition coefficient (Wildman–Crippen LogP) is 0.545. The molecular formula is C9H10N2O2. The van der Waals surface area contributed by atoms with E-state index in [0.29, 0.717) is 0 Å². The lowest BCUT2D eigenvalue weighted by molar-refractivity contribution is -0.112. The molecule has 0 saturated carbocycles. The largest absolute Gasteiger partial charge is 0.409 e. The Morgan fingerprint density at radius 2 is 2.00 bits per heavy atom. The average molecular weight is 178 g/mol. The van der Waals surface area contributed by atoms with E-state index in [4.69, 9.17) is 10.9 Å². The minimum atomic E-state index is -0.381. The van der Waals surface area contributed by atoms with Crippen LogP contribution >= 0.6 is 0 Å². The van der Waals surface area contributed by atoms with Crippen molar-refractivity contribution in [1.29, 1.82) is 0 Å². The first-order valence-electron chi connectivity index (χ1n) is 3.78. The minimum Gasteiger partial charge on any atom is -0.409 e. The number of hydrogen-bond donors (Lipinski definition) is 2. The van der Waals surface area contributed by atoms with Gasteiger partial charge in [-0.3, -0.25) is 4.79 Å². The molecule has 0 radical (unpaired) electrons. The van der Waals surface area contributed by atoms with Crippen LogP contribution in [0, 0.1) is 0 Å². The molecule has 1 aromatic carbocycles. The van der Waals surface area contributed by atoms with E-state index >= 15 is 0 Å². The number of benzene rings is 1. The molecule has 0 aromatic heterocycles. The second-order valence-corrected chi connectivity index (χ2v) is 2.57. The maximum atomic E-state index is 11.1. The van der Waals surface area contributed by atoms with E-state index in [1.165, 1.54) is 0 Å². The number of amidine groups is 1. The van der Waals surface area contributed by atoms with Crippen LogP contribution in [0.15, 0.2) is 35.5 Å². The predicted molar refractivity (Wildman–Crippen MR) is 48.6 cm³/mol. The molecule has 68 valence electrons. The third kappa shape index (κ3) is 2.59. The SMILES string of the molecule is N/C(=N\O)C(=O)Cc1ccccc1. The van der Waals surface area contributed by atoms with Crippen molar-refractivity contribution in [2.24, 2.45) is 10.9 Å². The monoisotopic (exact) mass is 178 g/mol.